The van der Waals surface area contributed by atoms with E-state index < -0.39 is 0 Å². The SMILES string of the molecule is Cc1nn(C)c(Sc2cnn(C)c2)c1CCN. The Labute approximate surface area is 105 Å². The van der Waals surface area contributed by atoms with E-state index in [2.05, 4.69) is 10.2 Å². The van der Waals surface area contributed by atoms with Gasteiger partial charge in [-0.3, -0.25) is 9.36 Å². The number of aromatic nitrogens is 4. The second kappa shape index (κ2) is 4.93. The van der Waals surface area contributed by atoms with Gasteiger partial charge in [0, 0.05) is 25.9 Å². The van der Waals surface area contributed by atoms with Crippen LogP contribution in [0.1, 0.15) is 11.3 Å². The third-order valence-electron chi connectivity index (χ3n) is 2.58. The average Bonchev–Trinajstić information content (AvgIpc) is 2.78. The van der Waals surface area contributed by atoms with Gasteiger partial charge in [-0.25, -0.2) is 0 Å². The molecule has 92 valence electrons. The van der Waals surface area contributed by atoms with Crippen LogP contribution in [0.2, 0.25) is 0 Å². The van der Waals surface area contributed by atoms with E-state index in [0.717, 1.165) is 22.0 Å². The number of aryl methyl sites for hydroxylation is 3. The molecular formula is C11H17N5S. The van der Waals surface area contributed by atoms with Gasteiger partial charge >= 0.3 is 0 Å². The van der Waals surface area contributed by atoms with Crippen LogP contribution in [0.3, 0.4) is 0 Å². The van der Waals surface area contributed by atoms with Crippen LogP contribution in [0.5, 0.6) is 0 Å². The number of nitrogens with two attached hydrogens (primary N) is 1. The molecule has 0 unspecified atom stereocenters. The van der Waals surface area contributed by atoms with Gasteiger partial charge < -0.3 is 5.73 Å². The fourth-order valence-electron chi connectivity index (χ4n) is 1.80. The zero-order valence-corrected chi connectivity index (χ0v) is 11.2. The molecule has 0 atom stereocenters. The van der Waals surface area contributed by atoms with Gasteiger partial charge in [0.15, 0.2) is 0 Å². The molecule has 0 saturated carbocycles. The lowest BCUT2D eigenvalue weighted by molar-refractivity contribution is 0.688. The maximum Gasteiger partial charge on any atom is 0.102 e. The van der Waals surface area contributed by atoms with Crippen LogP contribution in [0.4, 0.5) is 0 Å². The summed E-state index contributed by atoms with van der Waals surface area (Å²) < 4.78 is 3.71. The number of rotatable bonds is 4. The Kier molecular flexibility index (Phi) is 3.54. The summed E-state index contributed by atoms with van der Waals surface area (Å²) in [6.07, 6.45) is 4.72. The van der Waals surface area contributed by atoms with E-state index in [1.807, 2.05) is 38.1 Å². The van der Waals surface area contributed by atoms with Crippen molar-refractivity contribution in [3.05, 3.63) is 23.7 Å². The Morgan fingerprint density at radius 3 is 2.76 bits per heavy atom. The molecule has 2 aromatic heterocycles. The normalized spacial score (nSPS) is 11.1. The maximum atomic E-state index is 5.64. The molecule has 17 heavy (non-hydrogen) atoms. The molecule has 0 saturated heterocycles. The molecule has 0 radical (unpaired) electrons. The van der Waals surface area contributed by atoms with E-state index in [1.54, 1.807) is 16.4 Å². The lowest BCUT2D eigenvalue weighted by Crippen LogP contribution is -2.04. The Balaban J connectivity index is 2.31. The molecule has 0 bridgehead atoms. The summed E-state index contributed by atoms with van der Waals surface area (Å²) in [6, 6.07) is 0. The summed E-state index contributed by atoms with van der Waals surface area (Å²) in [5.41, 5.74) is 7.94. The van der Waals surface area contributed by atoms with Crippen LogP contribution >= 0.6 is 11.8 Å². The highest BCUT2D eigenvalue weighted by Gasteiger charge is 2.14. The predicted molar refractivity (Wildman–Crippen MR) is 68.0 cm³/mol. The molecule has 5 nitrogen and oxygen atoms in total. The second-order valence-electron chi connectivity index (χ2n) is 3.98. The van der Waals surface area contributed by atoms with E-state index in [0.29, 0.717) is 6.54 Å². The van der Waals surface area contributed by atoms with Gasteiger partial charge in [-0.1, -0.05) is 11.8 Å². The van der Waals surface area contributed by atoms with Crippen molar-refractivity contribution in [2.24, 2.45) is 19.8 Å². The summed E-state index contributed by atoms with van der Waals surface area (Å²) in [5.74, 6) is 0. The van der Waals surface area contributed by atoms with Crippen LogP contribution in [-0.4, -0.2) is 26.1 Å². The standard InChI is InChI=1S/C11H17N5S/c1-8-10(4-5-12)11(16(3)14-8)17-9-6-13-15(2)7-9/h6-7H,4-5,12H2,1-3H3. The van der Waals surface area contributed by atoms with E-state index in [9.17, 15) is 0 Å². The quantitative estimate of drug-likeness (QED) is 0.884. The zero-order chi connectivity index (χ0) is 12.4. The molecule has 0 amide bonds. The molecule has 2 heterocycles. The third-order valence-corrected chi connectivity index (χ3v) is 3.73. The van der Waals surface area contributed by atoms with Crippen molar-refractivity contribution in [3.63, 3.8) is 0 Å². The average molecular weight is 251 g/mol. The first-order valence-electron chi connectivity index (χ1n) is 5.51. The summed E-state index contributed by atoms with van der Waals surface area (Å²) in [4.78, 5) is 1.12. The molecule has 2 N–H and O–H groups in total. The zero-order valence-electron chi connectivity index (χ0n) is 10.3. The van der Waals surface area contributed by atoms with E-state index in [1.165, 1.54) is 5.56 Å². The van der Waals surface area contributed by atoms with E-state index >= 15 is 0 Å². The molecule has 0 aliphatic heterocycles. The minimum Gasteiger partial charge on any atom is -0.330 e. The smallest absolute Gasteiger partial charge is 0.102 e. The minimum absolute atomic E-state index is 0.646. The Hall–Kier alpha value is -1.27. The molecule has 0 spiro atoms. The predicted octanol–water partition coefficient (Wildman–Crippen LogP) is 1.11. The van der Waals surface area contributed by atoms with Gasteiger partial charge in [0.05, 0.1) is 16.8 Å². The molecule has 0 aromatic carbocycles. The van der Waals surface area contributed by atoms with Crippen molar-refractivity contribution in [3.8, 4) is 0 Å². The monoisotopic (exact) mass is 251 g/mol. The Morgan fingerprint density at radius 2 is 2.18 bits per heavy atom. The first kappa shape index (κ1) is 12.2. The fraction of sp³-hybridized carbons (Fsp3) is 0.455. The summed E-state index contributed by atoms with van der Waals surface area (Å²) in [5, 5.41) is 9.77. The van der Waals surface area contributed by atoms with Crippen molar-refractivity contribution in [1.82, 2.24) is 19.6 Å². The topological polar surface area (TPSA) is 61.7 Å². The van der Waals surface area contributed by atoms with Crippen molar-refractivity contribution in [1.29, 1.82) is 0 Å². The molecule has 0 aliphatic carbocycles. The van der Waals surface area contributed by atoms with Gasteiger partial charge in [-0.05, 0) is 19.9 Å². The van der Waals surface area contributed by atoms with E-state index in [4.69, 9.17) is 5.73 Å². The van der Waals surface area contributed by atoms with Crippen molar-refractivity contribution < 1.29 is 0 Å². The van der Waals surface area contributed by atoms with Gasteiger partial charge in [-0.2, -0.15) is 10.2 Å². The fourth-order valence-corrected chi connectivity index (χ4v) is 2.88. The maximum absolute atomic E-state index is 5.64. The summed E-state index contributed by atoms with van der Waals surface area (Å²) in [6.45, 7) is 2.67. The highest BCUT2D eigenvalue weighted by Crippen LogP contribution is 2.31. The van der Waals surface area contributed by atoms with Crippen LogP contribution in [0.15, 0.2) is 22.3 Å². The largest absolute Gasteiger partial charge is 0.330 e. The Bertz CT molecular complexity index is 514. The van der Waals surface area contributed by atoms with Crippen LogP contribution in [-0.2, 0) is 20.5 Å². The molecular weight excluding hydrogens is 234 g/mol. The molecule has 2 aromatic rings. The summed E-state index contributed by atoms with van der Waals surface area (Å²) >= 11 is 1.68. The van der Waals surface area contributed by atoms with Gasteiger partial charge in [0.2, 0.25) is 0 Å². The molecule has 0 aliphatic rings. The first-order chi connectivity index (χ1) is 8.11. The van der Waals surface area contributed by atoms with Crippen molar-refractivity contribution >= 4 is 11.8 Å². The third kappa shape index (κ3) is 2.53. The Morgan fingerprint density at radius 1 is 1.41 bits per heavy atom. The van der Waals surface area contributed by atoms with Crippen molar-refractivity contribution in [2.75, 3.05) is 6.54 Å². The second-order valence-corrected chi connectivity index (χ2v) is 5.05. The van der Waals surface area contributed by atoms with Crippen LogP contribution in [0, 0.1) is 6.92 Å². The minimum atomic E-state index is 0.646. The lowest BCUT2D eigenvalue weighted by atomic mass is 10.2. The van der Waals surface area contributed by atoms with Crippen LogP contribution < -0.4 is 5.73 Å². The lowest BCUT2D eigenvalue weighted by Gasteiger charge is -2.03. The number of hydrogen-bond acceptors (Lipinski definition) is 4. The molecule has 6 heteroatoms. The molecule has 0 fully saturated rings. The highest BCUT2D eigenvalue weighted by molar-refractivity contribution is 7.99. The van der Waals surface area contributed by atoms with Crippen LogP contribution in [0.25, 0.3) is 0 Å². The van der Waals surface area contributed by atoms with Gasteiger partial charge in [0.1, 0.15) is 5.03 Å². The van der Waals surface area contributed by atoms with Crippen molar-refractivity contribution in [2.45, 2.75) is 23.3 Å². The molecule has 2 rings (SSSR count). The van der Waals surface area contributed by atoms with Gasteiger partial charge in [-0.15, -0.1) is 0 Å². The van der Waals surface area contributed by atoms with E-state index in [-0.39, 0.29) is 0 Å². The number of hydrogen-bond donors (Lipinski definition) is 1. The number of nitrogens with zero attached hydrogens (tertiary/aromatic N) is 4. The summed E-state index contributed by atoms with van der Waals surface area (Å²) in [7, 11) is 3.88. The first-order valence-corrected chi connectivity index (χ1v) is 6.32. The van der Waals surface area contributed by atoms with Gasteiger partial charge in [0.25, 0.3) is 0 Å². The highest BCUT2D eigenvalue weighted by atomic mass is 32.2.